The van der Waals surface area contributed by atoms with Crippen molar-refractivity contribution in [1.82, 2.24) is 4.98 Å². The SMILES string of the molecule is CCOCC(C)Nc1ncccc1C(=O)OCC. The largest absolute Gasteiger partial charge is 0.462 e. The zero-order valence-electron chi connectivity index (χ0n) is 11.1. The van der Waals surface area contributed by atoms with Crippen molar-refractivity contribution < 1.29 is 14.3 Å². The highest BCUT2D eigenvalue weighted by Crippen LogP contribution is 2.14. The molecule has 0 saturated heterocycles. The van der Waals surface area contributed by atoms with Crippen molar-refractivity contribution in [2.75, 3.05) is 25.1 Å². The summed E-state index contributed by atoms with van der Waals surface area (Å²) in [6.07, 6.45) is 1.64. The molecule has 0 aromatic carbocycles. The molecule has 0 aliphatic carbocycles. The smallest absolute Gasteiger partial charge is 0.341 e. The molecule has 5 heteroatoms. The zero-order valence-corrected chi connectivity index (χ0v) is 11.1. The van der Waals surface area contributed by atoms with Crippen LogP contribution in [0.15, 0.2) is 18.3 Å². The molecular weight excluding hydrogens is 232 g/mol. The van der Waals surface area contributed by atoms with E-state index in [1.807, 2.05) is 13.8 Å². The lowest BCUT2D eigenvalue weighted by Crippen LogP contribution is -2.24. The van der Waals surface area contributed by atoms with E-state index in [1.165, 1.54) is 0 Å². The van der Waals surface area contributed by atoms with E-state index in [0.717, 1.165) is 0 Å². The molecule has 1 heterocycles. The van der Waals surface area contributed by atoms with Gasteiger partial charge in [-0.3, -0.25) is 0 Å². The quantitative estimate of drug-likeness (QED) is 0.753. The first-order valence-electron chi connectivity index (χ1n) is 6.15. The molecule has 1 unspecified atom stereocenters. The number of hydrogen-bond donors (Lipinski definition) is 1. The van der Waals surface area contributed by atoms with Gasteiger partial charge in [0.1, 0.15) is 11.4 Å². The van der Waals surface area contributed by atoms with Gasteiger partial charge in [0.15, 0.2) is 0 Å². The Morgan fingerprint density at radius 1 is 1.44 bits per heavy atom. The van der Waals surface area contributed by atoms with Gasteiger partial charge in [-0.15, -0.1) is 0 Å². The van der Waals surface area contributed by atoms with Gasteiger partial charge in [-0.25, -0.2) is 9.78 Å². The second-order valence-corrected chi connectivity index (χ2v) is 3.82. The van der Waals surface area contributed by atoms with E-state index in [9.17, 15) is 4.79 Å². The highest BCUT2D eigenvalue weighted by Gasteiger charge is 2.14. The van der Waals surface area contributed by atoms with Crippen molar-refractivity contribution in [3.8, 4) is 0 Å². The molecule has 1 atom stereocenters. The maximum absolute atomic E-state index is 11.7. The number of carbonyl (C=O) groups is 1. The van der Waals surface area contributed by atoms with Gasteiger partial charge in [0, 0.05) is 18.8 Å². The molecule has 0 spiro atoms. The van der Waals surface area contributed by atoms with E-state index in [4.69, 9.17) is 9.47 Å². The third kappa shape index (κ3) is 4.33. The van der Waals surface area contributed by atoms with Crippen LogP contribution in [0.1, 0.15) is 31.1 Å². The number of aromatic nitrogens is 1. The highest BCUT2D eigenvalue weighted by molar-refractivity contribution is 5.94. The van der Waals surface area contributed by atoms with Crippen LogP contribution in [0.2, 0.25) is 0 Å². The number of esters is 1. The maximum atomic E-state index is 11.7. The monoisotopic (exact) mass is 252 g/mol. The van der Waals surface area contributed by atoms with E-state index in [-0.39, 0.29) is 12.0 Å². The first-order valence-corrected chi connectivity index (χ1v) is 6.15. The number of ether oxygens (including phenoxy) is 2. The molecule has 0 amide bonds. The van der Waals surface area contributed by atoms with Crippen LogP contribution in [-0.4, -0.2) is 36.8 Å². The van der Waals surface area contributed by atoms with Crippen LogP contribution in [0.3, 0.4) is 0 Å². The topological polar surface area (TPSA) is 60.5 Å². The van der Waals surface area contributed by atoms with Gasteiger partial charge in [0.2, 0.25) is 0 Å². The van der Waals surface area contributed by atoms with Crippen molar-refractivity contribution in [3.63, 3.8) is 0 Å². The number of rotatable bonds is 7. The van der Waals surface area contributed by atoms with Crippen molar-refractivity contribution in [2.24, 2.45) is 0 Å². The molecule has 1 rings (SSSR count). The Balaban J connectivity index is 2.72. The number of carbonyl (C=O) groups excluding carboxylic acids is 1. The van der Waals surface area contributed by atoms with Crippen molar-refractivity contribution >= 4 is 11.8 Å². The summed E-state index contributed by atoms with van der Waals surface area (Å²) in [5.41, 5.74) is 0.447. The zero-order chi connectivity index (χ0) is 13.4. The Bertz CT molecular complexity index is 382. The summed E-state index contributed by atoms with van der Waals surface area (Å²) in [5, 5.41) is 3.15. The molecule has 1 N–H and O–H groups in total. The summed E-state index contributed by atoms with van der Waals surface area (Å²) in [7, 11) is 0. The van der Waals surface area contributed by atoms with Crippen molar-refractivity contribution in [3.05, 3.63) is 23.9 Å². The first-order chi connectivity index (χ1) is 8.69. The summed E-state index contributed by atoms with van der Waals surface area (Å²) < 4.78 is 10.3. The third-order valence-corrected chi connectivity index (χ3v) is 2.26. The fraction of sp³-hybridized carbons (Fsp3) is 0.538. The van der Waals surface area contributed by atoms with Gasteiger partial charge in [0.05, 0.1) is 13.2 Å². The second-order valence-electron chi connectivity index (χ2n) is 3.82. The van der Waals surface area contributed by atoms with E-state index in [1.54, 1.807) is 25.3 Å². The Morgan fingerprint density at radius 3 is 2.89 bits per heavy atom. The molecular formula is C13H20N2O3. The van der Waals surface area contributed by atoms with Crippen LogP contribution in [0.25, 0.3) is 0 Å². The molecule has 0 saturated carbocycles. The van der Waals surface area contributed by atoms with E-state index < -0.39 is 0 Å². The van der Waals surface area contributed by atoms with E-state index in [0.29, 0.717) is 31.2 Å². The molecule has 0 bridgehead atoms. The molecule has 1 aromatic heterocycles. The molecule has 0 radical (unpaired) electrons. The van der Waals surface area contributed by atoms with Crippen LogP contribution in [-0.2, 0) is 9.47 Å². The number of hydrogen-bond acceptors (Lipinski definition) is 5. The van der Waals surface area contributed by atoms with Crippen molar-refractivity contribution in [2.45, 2.75) is 26.8 Å². The van der Waals surface area contributed by atoms with Crippen LogP contribution in [0.4, 0.5) is 5.82 Å². The molecule has 18 heavy (non-hydrogen) atoms. The molecule has 0 fully saturated rings. The van der Waals surface area contributed by atoms with Gasteiger partial charge in [-0.1, -0.05) is 0 Å². The molecule has 0 aliphatic heterocycles. The number of pyridine rings is 1. The summed E-state index contributed by atoms with van der Waals surface area (Å²) in [4.78, 5) is 15.9. The minimum atomic E-state index is -0.364. The van der Waals surface area contributed by atoms with Crippen LogP contribution in [0, 0.1) is 0 Å². The Hall–Kier alpha value is -1.62. The molecule has 5 nitrogen and oxygen atoms in total. The fourth-order valence-electron chi connectivity index (χ4n) is 1.46. The van der Waals surface area contributed by atoms with Crippen LogP contribution >= 0.6 is 0 Å². The highest BCUT2D eigenvalue weighted by atomic mass is 16.5. The van der Waals surface area contributed by atoms with Crippen molar-refractivity contribution in [1.29, 1.82) is 0 Å². The standard InChI is InChI=1S/C13H20N2O3/c1-4-17-9-10(3)15-12-11(7-6-8-14-12)13(16)18-5-2/h6-8,10H,4-5,9H2,1-3H3,(H,14,15). The van der Waals surface area contributed by atoms with Crippen LogP contribution in [0.5, 0.6) is 0 Å². The van der Waals surface area contributed by atoms with Gasteiger partial charge in [-0.2, -0.15) is 0 Å². The summed E-state index contributed by atoms with van der Waals surface area (Å²) >= 11 is 0. The number of anilines is 1. The Labute approximate surface area is 108 Å². The van der Waals surface area contributed by atoms with Gasteiger partial charge >= 0.3 is 5.97 Å². The third-order valence-electron chi connectivity index (χ3n) is 2.26. The normalized spacial score (nSPS) is 11.9. The second kappa shape index (κ2) is 7.66. The summed E-state index contributed by atoms with van der Waals surface area (Å²) in [5.74, 6) is 0.167. The molecule has 1 aromatic rings. The lowest BCUT2D eigenvalue weighted by molar-refractivity contribution is 0.0527. The van der Waals surface area contributed by atoms with E-state index in [2.05, 4.69) is 10.3 Å². The lowest BCUT2D eigenvalue weighted by Gasteiger charge is -2.16. The summed E-state index contributed by atoms with van der Waals surface area (Å²) in [6, 6.07) is 3.48. The minimum Gasteiger partial charge on any atom is -0.462 e. The maximum Gasteiger partial charge on any atom is 0.341 e. The minimum absolute atomic E-state index is 0.0769. The average molecular weight is 252 g/mol. The fourth-order valence-corrected chi connectivity index (χ4v) is 1.46. The lowest BCUT2D eigenvalue weighted by atomic mass is 10.2. The van der Waals surface area contributed by atoms with Crippen LogP contribution < -0.4 is 5.32 Å². The predicted octanol–water partition coefficient (Wildman–Crippen LogP) is 2.10. The predicted molar refractivity (Wildman–Crippen MR) is 69.8 cm³/mol. The molecule has 0 aliphatic rings. The summed E-state index contributed by atoms with van der Waals surface area (Å²) in [6.45, 7) is 7.27. The number of nitrogens with zero attached hydrogens (tertiary/aromatic N) is 1. The van der Waals surface area contributed by atoms with Gasteiger partial charge in [0.25, 0.3) is 0 Å². The van der Waals surface area contributed by atoms with Gasteiger partial charge < -0.3 is 14.8 Å². The average Bonchev–Trinajstić information content (AvgIpc) is 2.37. The first kappa shape index (κ1) is 14.4. The number of nitrogens with one attached hydrogen (secondary N) is 1. The molecule has 100 valence electrons. The Kier molecular flexibility index (Phi) is 6.14. The Morgan fingerprint density at radius 2 is 2.22 bits per heavy atom. The van der Waals surface area contributed by atoms with Gasteiger partial charge in [-0.05, 0) is 32.9 Å². The van der Waals surface area contributed by atoms with E-state index >= 15 is 0 Å².